The van der Waals surface area contributed by atoms with Crippen LogP contribution in [0.4, 0.5) is 0 Å². The maximum absolute atomic E-state index is 13.3. The molecule has 41 heavy (non-hydrogen) atoms. The molecule has 4 aliphatic carbocycles. The van der Waals surface area contributed by atoms with Gasteiger partial charge in [0.05, 0.1) is 24.3 Å². The van der Waals surface area contributed by atoms with Gasteiger partial charge in [0.15, 0.2) is 0 Å². The van der Waals surface area contributed by atoms with Crippen LogP contribution < -0.4 is 4.74 Å². The Bertz CT molecular complexity index is 1290. The minimum atomic E-state index is -0.438. The molecule has 4 fully saturated rings. The predicted molar refractivity (Wildman–Crippen MR) is 153 cm³/mol. The molecule has 4 saturated carbocycles. The van der Waals surface area contributed by atoms with Crippen LogP contribution in [0.1, 0.15) is 95.1 Å². The van der Waals surface area contributed by atoms with Crippen LogP contribution >= 0.6 is 0 Å². The number of aliphatic hydroxyl groups excluding tert-OH is 1. The molecule has 0 aliphatic heterocycles. The molecule has 8 nitrogen and oxygen atoms in total. The molecule has 0 saturated heterocycles. The predicted octanol–water partition coefficient (Wildman–Crippen LogP) is 5.62. The van der Waals surface area contributed by atoms with E-state index in [1.54, 1.807) is 24.3 Å². The number of hydrogen-bond donors (Lipinski definition) is 1. The van der Waals surface area contributed by atoms with E-state index in [4.69, 9.17) is 9.47 Å². The van der Waals surface area contributed by atoms with E-state index in [0.29, 0.717) is 36.3 Å². The molecular weight excluding hydrogens is 518 g/mol. The van der Waals surface area contributed by atoms with E-state index in [1.165, 1.54) is 0 Å². The molecule has 1 aromatic heterocycles. The third-order valence-corrected chi connectivity index (χ3v) is 12.1. The number of fused-ring (bicyclic) bond motifs is 3. The number of carbonyl (C=O) groups is 2. The Morgan fingerprint density at radius 1 is 1.10 bits per heavy atom. The quantitative estimate of drug-likeness (QED) is 0.328. The van der Waals surface area contributed by atoms with Crippen LogP contribution in [-0.4, -0.2) is 45.1 Å². The lowest BCUT2D eigenvalue weighted by Crippen LogP contribution is -2.60. The average Bonchev–Trinajstić information content (AvgIpc) is 3.46. The molecule has 4 aliphatic rings. The van der Waals surface area contributed by atoms with Gasteiger partial charge in [-0.3, -0.25) is 14.3 Å². The molecule has 1 heterocycles. The molecule has 8 heteroatoms. The molecule has 6 rings (SSSR count). The van der Waals surface area contributed by atoms with Gasteiger partial charge >= 0.3 is 5.97 Å². The van der Waals surface area contributed by atoms with Gasteiger partial charge in [-0.25, -0.2) is 0 Å². The normalized spacial score (nSPS) is 39.4. The van der Waals surface area contributed by atoms with Crippen molar-refractivity contribution in [2.45, 2.75) is 98.3 Å². The van der Waals surface area contributed by atoms with Crippen LogP contribution in [0.3, 0.4) is 0 Å². The summed E-state index contributed by atoms with van der Waals surface area (Å²) < 4.78 is 13.4. The highest BCUT2D eigenvalue weighted by atomic mass is 16.5. The highest BCUT2D eigenvalue weighted by molar-refractivity contribution is 5.77. The molecular formula is C33H45N3O5. The van der Waals surface area contributed by atoms with Gasteiger partial charge in [-0.2, -0.15) is 0 Å². The van der Waals surface area contributed by atoms with Crippen molar-refractivity contribution in [3.8, 4) is 5.75 Å². The monoisotopic (exact) mass is 563 g/mol. The summed E-state index contributed by atoms with van der Waals surface area (Å²) in [6, 6.07) is 7.01. The third kappa shape index (κ3) is 4.43. The van der Waals surface area contributed by atoms with Crippen molar-refractivity contribution in [3.63, 3.8) is 0 Å². The number of aldehydes is 1. The number of esters is 1. The van der Waals surface area contributed by atoms with E-state index in [2.05, 4.69) is 31.1 Å². The van der Waals surface area contributed by atoms with Crippen LogP contribution in [0.5, 0.6) is 5.75 Å². The van der Waals surface area contributed by atoms with E-state index in [-0.39, 0.29) is 34.7 Å². The second-order valence-corrected chi connectivity index (χ2v) is 14.2. The Kier molecular flexibility index (Phi) is 7.07. The lowest BCUT2D eigenvalue weighted by atomic mass is 9.39. The Morgan fingerprint density at radius 2 is 1.85 bits per heavy atom. The summed E-state index contributed by atoms with van der Waals surface area (Å²) in [6.45, 7) is 10.1. The standard InChI is InChI=1S/C33H45N3O5/c1-5-40-29(39)32(4)14-6-13-31(3)26(32)12-16-33-21-30(2,15-11-27(31)33)28(38)25(33)18-36-17-23(34-35-36)20-41-24-9-7-22(19-37)8-10-24/h7-10,17,19,25-28,38H,5-6,11-16,18,20-21H2,1-4H3/t25-,26+,27+,28-,30+,31-,32-,33-/m1/s1. The van der Waals surface area contributed by atoms with Crippen molar-refractivity contribution in [3.05, 3.63) is 41.7 Å². The number of carbonyl (C=O) groups excluding carboxylic acids is 2. The van der Waals surface area contributed by atoms with Gasteiger partial charge in [0.25, 0.3) is 0 Å². The first-order valence-corrected chi connectivity index (χ1v) is 15.5. The first-order valence-electron chi connectivity index (χ1n) is 15.5. The maximum Gasteiger partial charge on any atom is 0.312 e. The highest BCUT2D eigenvalue weighted by Gasteiger charge is 2.71. The van der Waals surface area contributed by atoms with Crippen molar-refractivity contribution in [1.29, 1.82) is 0 Å². The zero-order chi connectivity index (χ0) is 29.0. The summed E-state index contributed by atoms with van der Waals surface area (Å²) in [4.78, 5) is 24.2. The Morgan fingerprint density at radius 3 is 2.59 bits per heavy atom. The number of aliphatic hydroxyl groups is 1. The summed E-state index contributed by atoms with van der Waals surface area (Å²) >= 11 is 0. The molecule has 1 N–H and O–H groups in total. The molecule has 0 amide bonds. The zero-order valence-corrected chi connectivity index (χ0v) is 25.0. The Labute approximate surface area is 243 Å². The second-order valence-electron chi connectivity index (χ2n) is 14.2. The fourth-order valence-electron chi connectivity index (χ4n) is 10.3. The minimum absolute atomic E-state index is 0.0208. The van der Waals surface area contributed by atoms with Crippen molar-refractivity contribution >= 4 is 12.3 Å². The molecule has 1 aromatic carbocycles. The van der Waals surface area contributed by atoms with Crippen LogP contribution in [0.25, 0.3) is 0 Å². The van der Waals surface area contributed by atoms with E-state index < -0.39 is 11.5 Å². The second kappa shape index (κ2) is 10.2. The van der Waals surface area contributed by atoms with Gasteiger partial charge < -0.3 is 14.6 Å². The van der Waals surface area contributed by atoms with Crippen LogP contribution in [0.2, 0.25) is 0 Å². The smallest absolute Gasteiger partial charge is 0.312 e. The van der Waals surface area contributed by atoms with Gasteiger partial charge in [0, 0.05) is 18.0 Å². The third-order valence-electron chi connectivity index (χ3n) is 12.1. The van der Waals surface area contributed by atoms with Crippen molar-refractivity contribution in [2.24, 2.45) is 39.4 Å². The maximum atomic E-state index is 13.3. The first-order chi connectivity index (χ1) is 19.6. The molecule has 8 atom stereocenters. The Balaban J connectivity index is 1.24. The number of benzene rings is 1. The number of nitrogens with zero attached hydrogens (tertiary/aromatic N) is 3. The minimum Gasteiger partial charge on any atom is -0.487 e. The zero-order valence-electron chi connectivity index (χ0n) is 25.0. The Hall–Kier alpha value is -2.74. The number of ether oxygens (including phenoxy) is 2. The van der Waals surface area contributed by atoms with Crippen molar-refractivity contribution in [1.82, 2.24) is 15.0 Å². The summed E-state index contributed by atoms with van der Waals surface area (Å²) in [5, 5.41) is 20.7. The van der Waals surface area contributed by atoms with Crippen molar-refractivity contribution in [2.75, 3.05) is 6.61 Å². The van der Waals surface area contributed by atoms with E-state index >= 15 is 0 Å². The number of hydrogen-bond acceptors (Lipinski definition) is 7. The first kappa shape index (κ1) is 28.4. The molecule has 222 valence electrons. The highest BCUT2D eigenvalue weighted by Crippen LogP contribution is 2.75. The fraction of sp³-hybridized carbons (Fsp3) is 0.697. The summed E-state index contributed by atoms with van der Waals surface area (Å²) in [6.07, 6.45) is 10.6. The van der Waals surface area contributed by atoms with Gasteiger partial charge in [-0.05, 0) is 111 Å². The van der Waals surface area contributed by atoms with Gasteiger partial charge in [-0.1, -0.05) is 25.5 Å². The van der Waals surface area contributed by atoms with Gasteiger partial charge in [0.1, 0.15) is 24.3 Å². The summed E-state index contributed by atoms with van der Waals surface area (Å²) in [5.41, 5.74) is 0.872. The summed E-state index contributed by atoms with van der Waals surface area (Å²) in [5.74, 6) is 1.50. The van der Waals surface area contributed by atoms with E-state index in [9.17, 15) is 14.7 Å². The molecule has 1 spiro atoms. The fourth-order valence-corrected chi connectivity index (χ4v) is 10.3. The average molecular weight is 564 g/mol. The SMILES string of the molecule is CCOC(=O)[C@]1(C)CCC[C@@]2(C)[C@@H]3CC[C@@]4(C)C[C@]3(CC[C@@H]21)[C@H](Cn1cc(COc2ccc(C=O)cc2)nn1)[C@H]4O. The molecule has 2 aromatic rings. The molecule has 0 radical (unpaired) electrons. The van der Waals surface area contributed by atoms with Crippen LogP contribution in [-0.2, 0) is 22.7 Å². The van der Waals surface area contributed by atoms with E-state index in [1.807, 2.05) is 17.8 Å². The lowest BCUT2D eigenvalue weighted by Gasteiger charge is -2.65. The van der Waals surface area contributed by atoms with E-state index in [0.717, 1.165) is 63.3 Å². The van der Waals surface area contributed by atoms with Crippen LogP contribution in [0, 0.1) is 39.4 Å². The van der Waals surface area contributed by atoms with Crippen molar-refractivity contribution < 1.29 is 24.2 Å². The molecule has 0 unspecified atom stereocenters. The van der Waals surface area contributed by atoms with Crippen LogP contribution in [0.15, 0.2) is 30.5 Å². The number of rotatable bonds is 8. The lowest BCUT2D eigenvalue weighted by molar-refractivity contribution is -0.192. The summed E-state index contributed by atoms with van der Waals surface area (Å²) in [7, 11) is 0. The number of aromatic nitrogens is 3. The van der Waals surface area contributed by atoms with Gasteiger partial charge in [-0.15, -0.1) is 5.10 Å². The molecule has 2 bridgehead atoms. The van der Waals surface area contributed by atoms with Gasteiger partial charge in [0.2, 0.25) is 0 Å². The largest absolute Gasteiger partial charge is 0.487 e. The topological polar surface area (TPSA) is 104 Å².